The average molecular weight is 301 g/mol. The lowest BCUT2D eigenvalue weighted by molar-refractivity contribution is -0.139. The molecule has 2 N–H and O–H groups in total. The molecule has 2 atom stereocenters. The Morgan fingerprint density at radius 3 is 2.68 bits per heavy atom. The molecule has 1 saturated heterocycles. The molecule has 1 fully saturated rings. The molecule has 0 bridgehead atoms. The number of benzene rings is 1. The Kier molecular flexibility index (Phi) is 4.39. The summed E-state index contributed by atoms with van der Waals surface area (Å²) in [6.07, 6.45) is 1.17. The molecule has 104 valence electrons. The van der Waals surface area contributed by atoms with Gasteiger partial charge >= 0.3 is 0 Å². The van der Waals surface area contributed by atoms with Gasteiger partial charge in [-0.05, 0) is 44.0 Å². The molecule has 19 heavy (non-hydrogen) atoms. The van der Waals surface area contributed by atoms with Crippen molar-refractivity contribution in [3.63, 3.8) is 0 Å². The first-order valence-electron chi connectivity index (χ1n) is 6.43. The second-order valence-electron chi connectivity index (χ2n) is 5.21. The van der Waals surface area contributed by atoms with E-state index in [0.29, 0.717) is 22.9 Å². The summed E-state index contributed by atoms with van der Waals surface area (Å²) in [5, 5.41) is 1.21. The van der Waals surface area contributed by atoms with E-state index in [1.54, 1.807) is 12.1 Å². The quantitative estimate of drug-likeness (QED) is 0.910. The number of halogens is 2. The summed E-state index contributed by atoms with van der Waals surface area (Å²) in [7, 11) is 0. The van der Waals surface area contributed by atoms with Gasteiger partial charge in [0, 0.05) is 28.5 Å². The van der Waals surface area contributed by atoms with Crippen molar-refractivity contribution in [2.45, 2.75) is 44.8 Å². The zero-order valence-electron chi connectivity index (χ0n) is 11.1. The van der Waals surface area contributed by atoms with Crippen LogP contribution < -0.4 is 5.73 Å². The lowest BCUT2D eigenvalue weighted by Crippen LogP contribution is -2.51. The predicted octanol–water partition coefficient (Wildman–Crippen LogP) is 3.39. The highest BCUT2D eigenvalue weighted by molar-refractivity contribution is 6.33. The first-order chi connectivity index (χ1) is 8.91. The number of carbonyl (C=O) groups excluding carboxylic acids is 1. The molecule has 0 aliphatic carbocycles. The van der Waals surface area contributed by atoms with Gasteiger partial charge in [0.1, 0.15) is 0 Å². The number of amides is 1. The largest absolute Gasteiger partial charge is 0.332 e. The number of likely N-dealkylation sites (tertiary alicyclic amines) is 1. The molecule has 5 heteroatoms. The number of rotatable bonds is 2. The molecular formula is C14H18Cl2N2O. The molecule has 0 aromatic heterocycles. The zero-order chi connectivity index (χ0) is 14.2. The van der Waals surface area contributed by atoms with E-state index in [-0.39, 0.29) is 24.0 Å². The molecule has 1 heterocycles. The van der Waals surface area contributed by atoms with Crippen LogP contribution in [0.3, 0.4) is 0 Å². The molecule has 0 radical (unpaired) electrons. The Morgan fingerprint density at radius 1 is 1.37 bits per heavy atom. The van der Waals surface area contributed by atoms with Crippen molar-refractivity contribution < 1.29 is 4.79 Å². The molecule has 1 aromatic carbocycles. The Hall–Kier alpha value is -0.770. The summed E-state index contributed by atoms with van der Waals surface area (Å²) in [4.78, 5) is 14.0. The van der Waals surface area contributed by atoms with Crippen LogP contribution in [0.25, 0.3) is 0 Å². The Labute approximate surface area is 123 Å². The lowest BCUT2D eigenvalue weighted by atomic mass is 9.89. The van der Waals surface area contributed by atoms with Crippen LogP contribution in [0.4, 0.5) is 0 Å². The van der Waals surface area contributed by atoms with Crippen molar-refractivity contribution in [2.75, 3.05) is 0 Å². The predicted molar refractivity (Wildman–Crippen MR) is 78.4 cm³/mol. The molecule has 1 aromatic rings. The van der Waals surface area contributed by atoms with Gasteiger partial charge in [0.25, 0.3) is 0 Å². The van der Waals surface area contributed by atoms with Crippen molar-refractivity contribution in [2.24, 2.45) is 5.73 Å². The maximum atomic E-state index is 12.2. The fourth-order valence-electron chi connectivity index (χ4n) is 2.67. The smallest absolute Gasteiger partial charge is 0.223 e. The van der Waals surface area contributed by atoms with Gasteiger partial charge in [0.15, 0.2) is 0 Å². The SMILES string of the molecule is CC(C)N1C(=O)CCC(N)C1c1cc(Cl)ccc1Cl. The summed E-state index contributed by atoms with van der Waals surface area (Å²) >= 11 is 12.3. The zero-order valence-corrected chi connectivity index (χ0v) is 12.6. The van der Waals surface area contributed by atoms with Crippen LogP contribution in [0.15, 0.2) is 18.2 Å². The van der Waals surface area contributed by atoms with E-state index in [1.807, 2.05) is 24.8 Å². The van der Waals surface area contributed by atoms with E-state index in [2.05, 4.69) is 0 Å². The molecule has 0 saturated carbocycles. The summed E-state index contributed by atoms with van der Waals surface area (Å²) in [5.74, 6) is 0.123. The maximum Gasteiger partial charge on any atom is 0.223 e. The van der Waals surface area contributed by atoms with E-state index < -0.39 is 0 Å². The van der Waals surface area contributed by atoms with Crippen LogP contribution in [0, 0.1) is 0 Å². The van der Waals surface area contributed by atoms with Gasteiger partial charge in [-0.25, -0.2) is 0 Å². The van der Waals surface area contributed by atoms with E-state index >= 15 is 0 Å². The van der Waals surface area contributed by atoms with Crippen LogP contribution in [-0.2, 0) is 4.79 Å². The number of nitrogens with zero attached hydrogens (tertiary/aromatic N) is 1. The lowest BCUT2D eigenvalue weighted by Gasteiger charge is -2.42. The Balaban J connectivity index is 2.48. The fourth-order valence-corrected chi connectivity index (χ4v) is 3.08. The molecular weight excluding hydrogens is 283 g/mol. The second-order valence-corrected chi connectivity index (χ2v) is 6.05. The summed E-state index contributed by atoms with van der Waals surface area (Å²) < 4.78 is 0. The third kappa shape index (κ3) is 2.88. The minimum absolute atomic E-state index is 0.0823. The highest BCUT2D eigenvalue weighted by atomic mass is 35.5. The van der Waals surface area contributed by atoms with E-state index in [0.717, 1.165) is 5.56 Å². The number of hydrogen-bond acceptors (Lipinski definition) is 2. The number of carbonyl (C=O) groups is 1. The van der Waals surface area contributed by atoms with Crippen LogP contribution in [0.1, 0.15) is 38.3 Å². The Morgan fingerprint density at radius 2 is 2.05 bits per heavy atom. The van der Waals surface area contributed by atoms with Gasteiger partial charge in [-0.2, -0.15) is 0 Å². The second kappa shape index (κ2) is 5.70. The number of hydrogen-bond donors (Lipinski definition) is 1. The molecule has 3 nitrogen and oxygen atoms in total. The third-order valence-corrected chi connectivity index (χ3v) is 4.10. The normalized spacial score (nSPS) is 24.1. The highest BCUT2D eigenvalue weighted by Crippen LogP contribution is 2.37. The minimum Gasteiger partial charge on any atom is -0.332 e. The van der Waals surface area contributed by atoms with Crippen molar-refractivity contribution in [1.82, 2.24) is 4.90 Å². The standard InChI is InChI=1S/C14H18Cl2N2O/c1-8(2)18-13(19)6-5-12(17)14(18)10-7-9(15)3-4-11(10)16/h3-4,7-8,12,14H,5-6,17H2,1-2H3. The topological polar surface area (TPSA) is 46.3 Å². The van der Waals surface area contributed by atoms with Gasteiger partial charge in [-0.1, -0.05) is 23.2 Å². The third-order valence-electron chi connectivity index (χ3n) is 3.52. The van der Waals surface area contributed by atoms with Crippen LogP contribution in [0.5, 0.6) is 0 Å². The van der Waals surface area contributed by atoms with Gasteiger partial charge in [0.2, 0.25) is 5.91 Å². The Bertz CT molecular complexity index is 490. The summed E-state index contributed by atoms with van der Waals surface area (Å²) in [5.41, 5.74) is 7.06. The molecule has 2 unspecified atom stereocenters. The highest BCUT2D eigenvalue weighted by Gasteiger charge is 2.37. The van der Waals surface area contributed by atoms with Gasteiger partial charge in [0.05, 0.1) is 6.04 Å². The van der Waals surface area contributed by atoms with Crippen molar-refractivity contribution in [3.8, 4) is 0 Å². The van der Waals surface area contributed by atoms with Gasteiger partial charge in [-0.15, -0.1) is 0 Å². The average Bonchev–Trinajstić information content (AvgIpc) is 2.34. The first-order valence-corrected chi connectivity index (χ1v) is 7.19. The first kappa shape index (κ1) is 14.6. The van der Waals surface area contributed by atoms with Gasteiger partial charge < -0.3 is 10.6 Å². The maximum absolute atomic E-state index is 12.2. The molecule has 2 rings (SSSR count). The van der Waals surface area contributed by atoms with Crippen molar-refractivity contribution in [1.29, 1.82) is 0 Å². The van der Waals surface area contributed by atoms with Gasteiger partial charge in [-0.3, -0.25) is 4.79 Å². The molecule has 1 aliphatic heterocycles. The van der Waals surface area contributed by atoms with Crippen LogP contribution in [0.2, 0.25) is 10.0 Å². The molecule has 0 spiro atoms. The summed E-state index contributed by atoms with van der Waals surface area (Å²) in [6.45, 7) is 3.97. The van der Waals surface area contributed by atoms with Crippen molar-refractivity contribution in [3.05, 3.63) is 33.8 Å². The number of nitrogens with two attached hydrogens (primary N) is 1. The van der Waals surface area contributed by atoms with Crippen molar-refractivity contribution >= 4 is 29.1 Å². The van der Waals surface area contributed by atoms with Crippen LogP contribution >= 0.6 is 23.2 Å². The monoisotopic (exact) mass is 300 g/mol. The summed E-state index contributed by atoms with van der Waals surface area (Å²) in [6, 6.07) is 5.07. The molecule has 1 amide bonds. The van der Waals surface area contributed by atoms with E-state index in [1.165, 1.54) is 0 Å². The van der Waals surface area contributed by atoms with Crippen LogP contribution in [-0.4, -0.2) is 22.9 Å². The fraction of sp³-hybridized carbons (Fsp3) is 0.500. The minimum atomic E-state index is -0.201. The molecule has 1 aliphatic rings. The van der Waals surface area contributed by atoms with E-state index in [4.69, 9.17) is 28.9 Å². The number of piperidine rings is 1. The van der Waals surface area contributed by atoms with E-state index in [9.17, 15) is 4.79 Å².